The van der Waals surface area contributed by atoms with Crippen LogP contribution >= 0.6 is 0 Å². The Morgan fingerprint density at radius 2 is 1.36 bits per heavy atom. The number of hydrogen-bond acceptors (Lipinski definition) is 1. The van der Waals surface area contributed by atoms with E-state index in [-0.39, 0.29) is 5.41 Å². The van der Waals surface area contributed by atoms with Crippen LogP contribution in [0.15, 0.2) is 60.8 Å². The Morgan fingerprint density at radius 1 is 0.682 bits per heavy atom. The van der Waals surface area contributed by atoms with E-state index < -0.39 is 0 Å². The highest BCUT2D eigenvalue weighted by atomic mass is 14.7. The molecule has 0 radical (unpaired) electrons. The van der Waals surface area contributed by atoms with Crippen LogP contribution in [0.4, 0.5) is 0 Å². The topological polar surface area (TPSA) is 12.9 Å². The molecular formula is C21H19N. The van der Waals surface area contributed by atoms with Crippen LogP contribution in [0, 0.1) is 0 Å². The molecule has 0 saturated carbocycles. The molecule has 108 valence electrons. The summed E-state index contributed by atoms with van der Waals surface area (Å²) < 4.78 is 0. The van der Waals surface area contributed by atoms with E-state index >= 15 is 0 Å². The highest BCUT2D eigenvalue weighted by Crippen LogP contribution is 2.34. The van der Waals surface area contributed by atoms with E-state index in [1.165, 1.54) is 32.5 Å². The standard InChI is InChI=1S/C21H19N/c1-21(2,3)19-10-6-9-17-16(19)11-12-18-15-8-5-4-7-14(15)13-22-20(17)18/h4-13H,1-3H3. The summed E-state index contributed by atoms with van der Waals surface area (Å²) in [6, 6.07) is 19.5. The molecule has 0 aliphatic heterocycles. The molecule has 0 saturated heterocycles. The second kappa shape index (κ2) is 4.54. The van der Waals surface area contributed by atoms with Crippen LogP contribution in [-0.4, -0.2) is 4.98 Å². The Morgan fingerprint density at radius 3 is 2.18 bits per heavy atom. The van der Waals surface area contributed by atoms with Gasteiger partial charge in [0.05, 0.1) is 5.52 Å². The van der Waals surface area contributed by atoms with Crippen molar-refractivity contribution in [2.24, 2.45) is 0 Å². The van der Waals surface area contributed by atoms with Crippen molar-refractivity contribution < 1.29 is 0 Å². The van der Waals surface area contributed by atoms with E-state index in [4.69, 9.17) is 4.98 Å². The summed E-state index contributed by atoms with van der Waals surface area (Å²) in [6.45, 7) is 6.79. The normalized spacial score (nSPS) is 12.3. The van der Waals surface area contributed by atoms with Crippen molar-refractivity contribution in [3.63, 3.8) is 0 Å². The van der Waals surface area contributed by atoms with E-state index in [0.717, 1.165) is 5.52 Å². The molecule has 0 aliphatic rings. The molecule has 4 aromatic rings. The van der Waals surface area contributed by atoms with Gasteiger partial charge in [0, 0.05) is 22.4 Å². The zero-order valence-corrected chi connectivity index (χ0v) is 13.2. The van der Waals surface area contributed by atoms with Crippen LogP contribution in [0.2, 0.25) is 0 Å². The van der Waals surface area contributed by atoms with Gasteiger partial charge in [-0.3, -0.25) is 4.98 Å². The summed E-state index contributed by atoms with van der Waals surface area (Å²) >= 11 is 0. The van der Waals surface area contributed by atoms with Crippen LogP contribution in [0.1, 0.15) is 26.3 Å². The van der Waals surface area contributed by atoms with Crippen LogP contribution in [-0.2, 0) is 5.41 Å². The summed E-state index contributed by atoms with van der Waals surface area (Å²) in [7, 11) is 0. The summed E-state index contributed by atoms with van der Waals surface area (Å²) in [5.74, 6) is 0. The minimum atomic E-state index is 0.129. The first-order valence-corrected chi connectivity index (χ1v) is 7.75. The molecule has 3 aromatic carbocycles. The van der Waals surface area contributed by atoms with Crippen molar-refractivity contribution in [1.82, 2.24) is 4.98 Å². The van der Waals surface area contributed by atoms with Crippen molar-refractivity contribution in [3.05, 3.63) is 66.4 Å². The maximum Gasteiger partial charge on any atom is 0.0786 e. The molecule has 22 heavy (non-hydrogen) atoms. The fourth-order valence-corrected chi connectivity index (χ4v) is 3.34. The minimum absolute atomic E-state index is 0.129. The fourth-order valence-electron chi connectivity index (χ4n) is 3.34. The molecule has 4 rings (SSSR count). The van der Waals surface area contributed by atoms with E-state index in [1.54, 1.807) is 0 Å². The van der Waals surface area contributed by atoms with E-state index in [9.17, 15) is 0 Å². The molecule has 0 unspecified atom stereocenters. The Bertz CT molecular complexity index is 1010. The monoisotopic (exact) mass is 285 g/mol. The summed E-state index contributed by atoms with van der Waals surface area (Å²) in [5.41, 5.74) is 2.61. The fraction of sp³-hybridized carbons (Fsp3) is 0.190. The molecule has 0 spiro atoms. The lowest BCUT2D eigenvalue weighted by molar-refractivity contribution is 0.596. The highest BCUT2D eigenvalue weighted by molar-refractivity contribution is 6.15. The van der Waals surface area contributed by atoms with Gasteiger partial charge >= 0.3 is 0 Å². The predicted molar refractivity (Wildman–Crippen MR) is 95.5 cm³/mol. The van der Waals surface area contributed by atoms with Crippen molar-refractivity contribution in [1.29, 1.82) is 0 Å². The van der Waals surface area contributed by atoms with Gasteiger partial charge < -0.3 is 0 Å². The maximum atomic E-state index is 4.76. The van der Waals surface area contributed by atoms with Crippen LogP contribution in [0.5, 0.6) is 0 Å². The number of rotatable bonds is 0. The minimum Gasteiger partial charge on any atom is -0.255 e. The molecule has 1 nitrogen and oxygen atoms in total. The molecule has 0 amide bonds. The third-order valence-corrected chi connectivity index (χ3v) is 4.42. The number of nitrogens with zero attached hydrogens (tertiary/aromatic N) is 1. The Labute approximate surface area is 130 Å². The first-order chi connectivity index (χ1) is 10.6. The lowest BCUT2D eigenvalue weighted by Gasteiger charge is -2.21. The Hall–Kier alpha value is -2.41. The number of fused-ring (bicyclic) bond motifs is 5. The molecular weight excluding hydrogens is 266 g/mol. The molecule has 0 N–H and O–H groups in total. The molecule has 1 aromatic heterocycles. The molecule has 0 aliphatic carbocycles. The van der Waals surface area contributed by atoms with Gasteiger partial charge in [-0.2, -0.15) is 0 Å². The van der Waals surface area contributed by atoms with Crippen molar-refractivity contribution in [2.75, 3.05) is 0 Å². The number of hydrogen-bond donors (Lipinski definition) is 0. The maximum absolute atomic E-state index is 4.76. The van der Waals surface area contributed by atoms with E-state index in [1.807, 2.05) is 6.20 Å². The first-order valence-electron chi connectivity index (χ1n) is 7.75. The largest absolute Gasteiger partial charge is 0.255 e. The first kappa shape index (κ1) is 13.3. The van der Waals surface area contributed by atoms with Gasteiger partial charge in [0.25, 0.3) is 0 Å². The van der Waals surface area contributed by atoms with Gasteiger partial charge in [0.15, 0.2) is 0 Å². The Balaban J connectivity index is 2.19. The van der Waals surface area contributed by atoms with E-state index in [0.29, 0.717) is 0 Å². The average molecular weight is 285 g/mol. The molecule has 0 atom stereocenters. The third-order valence-electron chi connectivity index (χ3n) is 4.42. The lowest BCUT2D eigenvalue weighted by atomic mass is 9.83. The predicted octanol–water partition coefficient (Wildman–Crippen LogP) is 5.84. The van der Waals surface area contributed by atoms with Crippen LogP contribution in [0.25, 0.3) is 32.4 Å². The van der Waals surface area contributed by atoms with Gasteiger partial charge in [0.2, 0.25) is 0 Å². The zero-order valence-electron chi connectivity index (χ0n) is 13.2. The highest BCUT2D eigenvalue weighted by Gasteiger charge is 2.17. The van der Waals surface area contributed by atoms with E-state index in [2.05, 4.69) is 75.4 Å². The quantitative estimate of drug-likeness (QED) is 0.370. The van der Waals surface area contributed by atoms with Gasteiger partial charge in [-0.25, -0.2) is 0 Å². The summed E-state index contributed by atoms with van der Waals surface area (Å²) in [6.07, 6.45) is 1.99. The van der Waals surface area contributed by atoms with Crippen LogP contribution in [0.3, 0.4) is 0 Å². The van der Waals surface area contributed by atoms with Crippen molar-refractivity contribution in [3.8, 4) is 0 Å². The average Bonchev–Trinajstić information content (AvgIpc) is 2.52. The second-order valence-corrected chi connectivity index (χ2v) is 6.96. The van der Waals surface area contributed by atoms with Gasteiger partial charge in [-0.05, 0) is 21.8 Å². The van der Waals surface area contributed by atoms with Gasteiger partial charge in [-0.1, -0.05) is 75.4 Å². The molecule has 0 bridgehead atoms. The molecule has 1 heteroatoms. The third kappa shape index (κ3) is 1.89. The summed E-state index contributed by atoms with van der Waals surface area (Å²) in [4.78, 5) is 4.76. The Kier molecular flexibility index (Phi) is 2.74. The number of aromatic nitrogens is 1. The lowest BCUT2D eigenvalue weighted by Crippen LogP contribution is -2.11. The molecule has 1 heterocycles. The van der Waals surface area contributed by atoms with Gasteiger partial charge in [-0.15, -0.1) is 0 Å². The second-order valence-electron chi connectivity index (χ2n) is 6.96. The van der Waals surface area contributed by atoms with Crippen molar-refractivity contribution >= 4 is 32.4 Å². The number of pyridine rings is 1. The SMILES string of the molecule is CC(C)(C)c1cccc2c1ccc1c3ccccc3cnc21. The smallest absolute Gasteiger partial charge is 0.0786 e. The number of benzene rings is 3. The van der Waals surface area contributed by atoms with Crippen LogP contribution < -0.4 is 0 Å². The van der Waals surface area contributed by atoms with Crippen molar-refractivity contribution in [2.45, 2.75) is 26.2 Å². The molecule has 0 fully saturated rings. The zero-order chi connectivity index (χ0) is 15.3. The summed E-state index contributed by atoms with van der Waals surface area (Å²) in [5, 5.41) is 6.26. The van der Waals surface area contributed by atoms with Gasteiger partial charge in [0.1, 0.15) is 0 Å².